The van der Waals surface area contributed by atoms with E-state index in [9.17, 15) is 23.2 Å². The Morgan fingerprint density at radius 2 is 1.71 bits per heavy atom. The third-order valence-corrected chi connectivity index (χ3v) is 6.32. The largest absolute Gasteiger partial charge is 0.373 e. The van der Waals surface area contributed by atoms with E-state index >= 15 is 0 Å². The van der Waals surface area contributed by atoms with E-state index in [4.69, 9.17) is 4.74 Å². The van der Waals surface area contributed by atoms with E-state index in [0.717, 1.165) is 11.0 Å². The summed E-state index contributed by atoms with van der Waals surface area (Å²) in [6.07, 6.45) is 0.354. The summed E-state index contributed by atoms with van der Waals surface area (Å²) < 4.78 is 33.8. The van der Waals surface area contributed by atoms with Crippen molar-refractivity contribution in [2.45, 2.75) is 24.4 Å². The minimum Gasteiger partial charge on any atom is -0.373 e. The van der Waals surface area contributed by atoms with Gasteiger partial charge in [0.1, 0.15) is 0 Å². The van der Waals surface area contributed by atoms with Gasteiger partial charge in [0.05, 0.1) is 35.8 Å². The van der Waals surface area contributed by atoms with Gasteiger partial charge in [-0.25, -0.2) is 8.78 Å². The molecule has 2 heterocycles. The molecule has 8 heteroatoms. The van der Waals surface area contributed by atoms with E-state index in [1.807, 2.05) is 0 Å². The second-order valence-corrected chi connectivity index (χ2v) is 8.19. The number of benzene rings is 2. The van der Waals surface area contributed by atoms with Crippen LogP contribution in [-0.4, -0.2) is 59.9 Å². The first-order valence-corrected chi connectivity index (χ1v) is 10.2. The highest BCUT2D eigenvalue weighted by Crippen LogP contribution is 2.50. The predicted molar refractivity (Wildman–Crippen MR) is 105 cm³/mol. The molecule has 31 heavy (non-hydrogen) atoms. The van der Waals surface area contributed by atoms with E-state index in [-0.39, 0.29) is 43.0 Å². The Bertz CT molecular complexity index is 1060. The number of morpholine rings is 1. The van der Waals surface area contributed by atoms with Crippen LogP contribution in [0.2, 0.25) is 0 Å². The SMILES string of the molecule is O=C1c2ccccc2C(=O)N1CC1CN(C(=O)C2(c3cccc(F)c3F)CC2)CCO1. The molecule has 1 saturated carbocycles. The van der Waals surface area contributed by atoms with Crippen molar-refractivity contribution >= 4 is 17.7 Å². The molecule has 1 aliphatic carbocycles. The molecule has 160 valence electrons. The smallest absolute Gasteiger partial charge is 0.261 e. The molecule has 2 aromatic rings. The van der Waals surface area contributed by atoms with E-state index in [0.29, 0.717) is 30.5 Å². The zero-order valence-electron chi connectivity index (χ0n) is 16.6. The van der Waals surface area contributed by atoms with Crippen LogP contribution in [0.4, 0.5) is 8.78 Å². The molecule has 0 N–H and O–H groups in total. The third kappa shape index (κ3) is 3.13. The summed E-state index contributed by atoms with van der Waals surface area (Å²) in [5.74, 6) is -2.99. The Labute approximate surface area is 177 Å². The molecule has 1 unspecified atom stereocenters. The second kappa shape index (κ2) is 7.23. The van der Waals surface area contributed by atoms with Crippen molar-refractivity contribution < 1.29 is 27.9 Å². The van der Waals surface area contributed by atoms with Gasteiger partial charge in [0.25, 0.3) is 11.8 Å². The lowest BCUT2D eigenvalue weighted by molar-refractivity contribution is -0.141. The average molecular weight is 426 g/mol. The van der Waals surface area contributed by atoms with E-state index < -0.39 is 23.2 Å². The molecule has 0 bridgehead atoms. The normalized spacial score (nSPS) is 21.9. The average Bonchev–Trinajstić information content (AvgIpc) is 3.56. The summed E-state index contributed by atoms with van der Waals surface area (Å²) in [6.45, 7) is 0.750. The summed E-state index contributed by atoms with van der Waals surface area (Å²) in [5, 5.41) is 0. The number of imide groups is 1. The van der Waals surface area contributed by atoms with Gasteiger partial charge in [0.15, 0.2) is 11.6 Å². The lowest BCUT2D eigenvalue weighted by Gasteiger charge is -2.36. The van der Waals surface area contributed by atoms with E-state index in [1.54, 1.807) is 29.2 Å². The van der Waals surface area contributed by atoms with Crippen LogP contribution in [0.25, 0.3) is 0 Å². The quantitative estimate of drug-likeness (QED) is 0.705. The van der Waals surface area contributed by atoms with Gasteiger partial charge >= 0.3 is 0 Å². The molecule has 0 aromatic heterocycles. The highest BCUT2D eigenvalue weighted by molar-refractivity contribution is 6.21. The Morgan fingerprint density at radius 1 is 1.03 bits per heavy atom. The van der Waals surface area contributed by atoms with Crippen molar-refractivity contribution in [3.05, 3.63) is 70.8 Å². The maximum atomic E-state index is 14.4. The molecule has 2 aliphatic heterocycles. The van der Waals surface area contributed by atoms with Gasteiger partial charge in [-0.3, -0.25) is 19.3 Å². The number of halogens is 2. The Hall–Kier alpha value is -3.13. The molecule has 3 amide bonds. The monoisotopic (exact) mass is 426 g/mol. The van der Waals surface area contributed by atoms with Gasteiger partial charge in [0, 0.05) is 18.7 Å². The number of amides is 3. The number of carbonyl (C=O) groups excluding carboxylic acids is 3. The second-order valence-electron chi connectivity index (χ2n) is 8.19. The van der Waals surface area contributed by atoms with Crippen LogP contribution in [0.15, 0.2) is 42.5 Å². The number of rotatable bonds is 4. The topological polar surface area (TPSA) is 66.9 Å². The lowest BCUT2D eigenvalue weighted by atomic mass is 9.93. The van der Waals surface area contributed by atoms with Crippen LogP contribution in [-0.2, 0) is 14.9 Å². The fourth-order valence-electron chi connectivity index (χ4n) is 4.52. The van der Waals surface area contributed by atoms with Crippen molar-refractivity contribution in [1.82, 2.24) is 9.80 Å². The molecule has 6 nitrogen and oxygen atoms in total. The molecule has 2 fully saturated rings. The molecular weight excluding hydrogens is 406 g/mol. The van der Waals surface area contributed by atoms with Crippen molar-refractivity contribution in [1.29, 1.82) is 0 Å². The number of carbonyl (C=O) groups is 3. The maximum absolute atomic E-state index is 14.4. The summed E-state index contributed by atoms with van der Waals surface area (Å²) in [6, 6.07) is 10.5. The fourth-order valence-corrected chi connectivity index (χ4v) is 4.52. The predicted octanol–water partition coefficient (Wildman–Crippen LogP) is 2.52. The maximum Gasteiger partial charge on any atom is 0.261 e. The molecule has 1 saturated heterocycles. The lowest BCUT2D eigenvalue weighted by Crippen LogP contribution is -2.53. The zero-order chi connectivity index (χ0) is 21.8. The number of hydrogen-bond donors (Lipinski definition) is 0. The van der Waals surface area contributed by atoms with Crippen molar-refractivity contribution in [2.75, 3.05) is 26.2 Å². The highest BCUT2D eigenvalue weighted by atomic mass is 19.2. The van der Waals surface area contributed by atoms with Crippen molar-refractivity contribution in [2.24, 2.45) is 0 Å². The summed E-state index contributed by atoms with van der Waals surface area (Å²) >= 11 is 0. The van der Waals surface area contributed by atoms with Crippen LogP contribution in [0, 0.1) is 11.6 Å². The summed E-state index contributed by atoms with van der Waals surface area (Å²) in [7, 11) is 0. The molecule has 0 spiro atoms. The van der Waals surface area contributed by atoms with Crippen LogP contribution in [0.5, 0.6) is 0 Å². The zero-order valence-corrected chi connectivity index (χ0v) is 16.6. The fraction of sp³-hybridized carbons (Fsp3) is 0.348. The van der Waals surface area contributed by atoms with Crippen LogP contribution in [0.3, 0.4) is 0 Å². The highest BCUT2D eigenvalue weighted by Gasteiger charge is 2.55. The molecule has 3 aliphatic rings. The Balaban J connectivity index is 1.31. The van der Waals surface area contributed by atoms with Gasteiger partial charge in [-0.05, 0) is 31.0 Å². The standard InChI is InChI=1S/C23H20F2N2O4/c24-18-7-3-6-17(19(18)25)23(8-9-23)22(30)26-10-11-31-14(12-26)13-27-20(28)15-4-1-2-5-16(15)21(27)29/h1-7,14H,8-13H2. The molecule has 1 atom stereocenters. The van der Waals surface area contributed by atoms with Gasteiger partial charge in [0.2, 0.25) is 5.91 Å². The first kappa shape index (κ1) is 19.8. The minimum atomic E-state index is -1.05. The first-order chi connectivity index (χ1) is 14.9. The molecule has 2 aromatic carbocycles. The minimum absolute atomic E-state index is 0.0253. The van der Waals surface area contributed by atoms with E-state index in [2.05, 4.69) is 0 Å². The van der Waals surface area contributed by atoms with Crippen LogP contribution < -0.4 is 0 Å². The van der Waals surface area contributed by atoms with E-state index in [1.165, 1.54) is 12.1 Å². The summed E-state index contributed by atoms with van der Waals surface area (Å²) in [4.78, 5) is 41.2. The third-order valence-electron chi connectivity index (χ3n) is 6.32. The van der Waals surface area contributed by atoms with Crippen molar-refractivity contribution in [3.63, 3.8) is 0 Å². The Kier molecular flexibility index (Phi) is 4.62. The molecule has 0 radical (unpaired) electrons. The van der Waals surface area contributed by atoms with Gasteiger partial charge < -0.3 is 9.64 Å². The van der Waals surface area contributed by atoms with Crippen LogP contribution >= 0.6 is 0 Å². The van der Waals surface area contributed by atoms with Crippen LogP contribution in [0.1, 0.15) is 39.1 Å². The van der Waals surface area contributed by atoms with Gasteiger partial charge in [-0.2, -0.15) is 0 Å². The number of ether oxygens (including phenoxy) is 1. The summed E-state index contributed by atoms with van der Waals surface area (Å²) in [5.41, 5.74) is -0.255. The molecular formula is C23H20F2N2O4. The first-order valence-electron chi connectivity index (χ1n) is 10.2. The number of nitrogens with zero attached hydrogens (tertiary/aromatic N) is 2. The van der Waals surface area contributed by atoms with Gasteiger partial charge in [-0.15, -0.1) is 0 Å². The Morgan fingerprint density at radius 3 is 2.35 bits per heavy atom. The number of fused-ring (bicyclic) bond motifs is 1. The molecule has 5 rings (SSSR count). The van der Waals surface area contributed by atoms with Crippen molar-refractivity contribution in [3.8, 4) is 0 Å². The number of hydrogen-bond acceptors (Lipinski definition) is 4. The van der Waals surface area contributed by atoms with Gasteiger partial charge in [-0.1, -0.05) is 24.3 Å².